The zero-order valence-electron chi connectivity index (χ0n) is 15.6. The van der Waals surface area contributed by atoms with E-state index < -0.39 is 36.2 Å². The van der Waals surface area contributed by atoms with Crippen molar-refractivity contribution in [3.63, 3.8) is 0 Å². The van der Waals surface area contributed by atoms with Gasteiger partial charge < -0.3 is 0 Å². The van der Waals surface area contributed by atoms with E-state index in [1.807, 2.05) is 0 Å². The maximum atomic E-state index is 12.7. The van der Waals surface area contributed by atoms with Gasteiger partial charge in [-0.15, -0.1) is 19.7 Å². The number of amides is 3. The average Bonchev–Trinajstić information content (AvgIpc) is 2.67. The molecule has 0 N–H and O–H groups in total. The Bertz CT molecular complexity index is 565. The van der Waals surface area contributed by atoms with Crippen molar-refractivity contribution in [2.75, 3.05) is 0 Å². The van der Waals surface area contributed by atoms with Gasteiger partial charge in [-0.2, -0.15) is 0 Å². The number of rotatable bonds is 9. The molecule has 1 fully saturated rings. The Labute approximate surface area is 161 Å². The van der Waals surface area contributed by atoms with Gasteiger partial charge in [-0.3, -0.25) is 29.1 Å². The minimum absolute atomic E-state index is 0.316. The summed E-state index contributed by atoms with van der Waals surface area (Å²) in [5, 5.41) is 0. The minimum Gasteiger partial charge on any atom is -0.297 e. The highest BCUT2D eigenvalue weighted by atomic mass is 16.2. The van der Waals surface area contributed by atoms with Crippen molar-refractivity contribution in [3.8, 4) is 0 Å². The van der Waals surface area contributed by atoms with Gasteiger partial charge in [-0.1, -0.05) is 38.0 Å². The largest absolute Gasteiger partial charge is 0.297 e. The fraction of sp³-hybridized carbons (Fsp3) is 0.286. The van der Waals surface area contributed by atoms with Gasteiger partial charge in [0.05, 0.1) is 0 Å². The summed E-state index contributed by atoms with van der Waals surface area (Å²) in [6.07, 6.45) is 7.35. The molecule has 144 valence electrons. The van der Waals surface area contributed by atoms with E-state index in [4.69, 9.17) is 0 Å². The third-order valence-corrected chi connectivity index (χ3v) is 4.35. The summed E-state index contributed by atoms with van der Waals surface area (Å²) in [4.78, 5) is 42.5. The fourth-order valence-electron chi connectivity index (χ4n) is 3.32. The summed E-state index contributed by atoms with van der Waals surface area (Å²) in [6.45, 7) is 21.9. The second kappa shape index (κ2) is 10.1. The minimum atomic E-state index is -0.651. The third kappa shape index (κ3) is 4.34. The highest BCUT2D eigenvalue weighted by Crippen LogP contribution is 2.33. The monoisotopic (exact) mass is 369 g/mol. The van der Waals surface area contributed by atoms with Crippen LogP contribution in [0, 0.1) is 0 Å². The van der Waals surface area contributed by atoms with Crippen LogP contribution in [0.15, 0.2) is 75.9 Å². The molecular weight excluding hydrogens is 342 g/mol. The molecule has 3 amide bonds. The predicted molar refractivity (Wildman–Crippen MR) is 107 cm³/mol. The Morgan fingerprint density at radius 1 is 0.556 bits per heavy atom. The van der Waals surface area contributed by atoms with Gasteiger partial charge in [-0.25, -0.2) is 0 Å². The Morgan fingerprint density at radius 2 is 0.778 bits per heavy atom. The van der Waals surface area contributed by atoms with Gasteiger partial charge in [0.2, 0.25) is 17.7 Å². The fourth-order valence-corrected chi connectivity index (χ4v) is 3.32. The van der Waals surface area contributed by atoms with Crippen LogP contribution < -0.4 is 0 Å². The molecule has 0 saturated carbocycles. The molecule has 1 saturated heterocycles. The van der Waals surface area contributed by atoms with Crippen molar-refractivity contribution in [3.05, 3.63) is 75.9 Å². The van der Waals surface area contributed by atoms with Crippen LogP contribution >= 0.6 is 0 Å². The van der Waals surface area contributed by atoms with Crippen LogP contribution in [0.5, 0.6) is 0 Å². The smallest absolute Gasteiger partial charge is 0.249 e. The van der Waals surface area contributed by atoms with E-state index in [2.05, 4.69) is 39.5 Å². The van der Waals surface area contributed by atoms with Crippen LogP contribution in [-0.4, -0.2) is 50.9 Å². The summed E-state index contributed by atoms with van der Waals surface area (Å²) in [7, 11) is 0. The SMILES string of the molecule is C=CCC1N(C(=O)C=C)C(CC=C)N(C(=O)C=C)C(CC=C)N1C(=O)C=C. The molecule has 0 unspecified atom stereocenters. The predicted octanol–water partition coefficient (Wildman–Crippen LogP) is 2.75. The second-order valence-corrected chi connectivity index (χ2v) is 5.86. The topological polar surface area (TPSA) is 60.9 Å². The lowest BCUT2D eigenvalue weighted by Gasteiger charge is -2.56. The number of hydrogen-bond donors (Lipinski definition) is 0. The standard InChI is InChI=1S/C21H27N3O3/c1-7-13-16-22(19(25)10-4)17(14-8-2)24(21(27)12-6)18(15-9-3)23(16)20(26)11-5/h7-12,16-18H,1-6,13-15H2. The highest BCUT2D eigenvalue weighted by Gasteiger charge is 2.48. The molecule has 1 rings (SSSR count). The maximum absolute atomic E-state index is 12.7. The Hall–Kier alpha value is -3.15. The molecule has 27 heavy (non-hydrogen) atoms. The molecule has 0 radical (unpaired) electrons. The van der Waals surface area contributed by atoms with Crippen molar-refractivity contribution in [2.45, 2.75) is 37.8 Å². The van der Waals surface area contributed by atoms with Gasteiger partial charge in [0.15, 0.2) is 0 Å². The molecule has 1 heterocycles. The van der Waals surface area contributed by atoms with Gasteiger partial charge in [0.1, 0.15) is 18.5 Å². The Balaban J connectivity index is 3.74. The van der Waals surface area contributed by atoms with E-state index >= 15 is 0 Å². The van der Waals surface area contributed by atoms with Gasteiger partial charge in [-0.05, 0) is 18.2 Å². The maximum Gasteiger partial charge on any atom is 0.249 e. The lowest BCUT2D eigenvalue weighted by atomic mass is 10.0. The molecule has 0 atom stereocenters. The van der Waals surface area contributed by atoms with Crippen molar-refractivity contribution < 1.29 is 14.4 Å². The zero-order valence-corrected chi connectivity index (χ0v) is 15.6. The highest BCUT2D eigenvalue weighted by molar-refractivity contribution is 5.93. The first kappa shape index (κ1) is 21.9. The summed E-state index contributed by atoms with van der Waals surface area (Å²) in [6, 6.07) is 0. The van der Waals surface area contributed by atoms with Crippen LogP contribution in [-0.2, 0) is 14.4 Å². The van der Waals surface area contributed by atoms with E-state index in [1.54, 1.807) is 18.2 Å². The molecular formula is C21H27N3O3. The number of carbonyl (C=O) groups excluding carboxylic acids is 3. The first-order valence-electron chi connectivity index (χ1n) is 8.60. The van der Waals surface area contributed by atoms with Crippen molar-refractivity contribution in [2.24, 2.45) is 0 Å². The van der Waals surface area contributed by atoms with Crippen LogP contribution in [0.3, 0.4) is 0 Å². The van der Waals surface area contributed by atoms with Crippen LogP contribution in [0.25, 0.3) is 0 Å². The lowest BCUT2D eigenvalue weighted by molar-refractivity contribution is -0.189. The number of nitrogens with zero attached hydrogens (tertiary/aromatic N) is 3. The van der Waals surface area contributed by atoms with Crippen molar-refractivity contribution >= 4 is 17.7 Å². The van der Waals surface area contributed by atoms with Crippen LogP contribution in [0.2, 0.25) is 0 Å². The molecule has 6 heteroatoms. The molecule has 1 aliphatic heterocycles. The molecule has 1 aliphatic rings. The van der Waals surface area contributed by atoms with E-state index in [1.165, 1.54) is 14.7 Å². The Kier molecular flexibility index (Phi) is 8.20. The first-order chi connectivity index (χ1) is 12.9. The van der Waals surface area contributed by atoms with Gasteiger partial charge in [0, 0.05) is 19.3 Å². The third-order valence-electron chi connectivity index (χ3n) is 4.35. The molecule has 0 aromatic carbocycles. The first-order valence-corrected chi connectivity index (χ1v) is 8.60. The quantitative estimate of drug-likeness (QED) is 0.464. The molecule has 0 aliphatic carbocycles. The molecule has 0 bridgehead atoms. The van der Waals surface area contributed by atoms with E-state index in [0.717, 1.165) is 18.2 Å². The van der Waals surface area contributed by atoms with Crippen molar-refractivity contribution in [1.82, 2.24) is 14.7 Å². The molecule has 0 spiro atoms. The normalized spacial score (nSPS) is 21.8. The van der Waals surface area contributed by atoms with E-state index in [-0.39, 0.29) is 0 Å². The zero-order chi connectivity index (χ0) is 20.6. The van der Waals surface area contributed by atoms with Crippen LogP contribution in [0.4, 0.5) is 0 Å². The second-order valence-electron chi connectivity index (χ2n) is 5.86. The van der Waals surface area contributed by atoms with Crippen LogP contribution in [0.1, 0.15) is 19.3 Å². The molecule has 6 nitrogen and oxygen atoms in total. The van der Waals surface area contributed by atoms with E-state index in [9.17, 15) is 14.4 Å². The number of hydrogen-bond acceptors (Lipinski definition) is 3. The molecule has 0 aromatic rings. The van der Waals surface area contributed by atoms with Gasteiger partial charge >= 0.3 is 0 Å². The summed E-state index contributed by atoms with van der Waals surface area (Å²) < 4.78 is 0. The summed E-state index contributed by atoms with van der Waals surface area (Å²) in [5.74, 6) is -1.22. The van der Waals surface area contributed by atoms with E-state index in [0.29, 0.717) is 19.3 Å². The lowest BCUT2D eigenvalue weighted by Crippen LogP contribution is -2.73. The summed E-state index contributed by atoms with van der Waals surface area (Å²) >= 11 is 0. The average molecular weight is 369 g/mol. The van der Waals surface area contributed by atoms with Gasteiger partial charge in [0.25, 0.3) is 0 Å². The molecule has 0 aromatic heterocycles. The Morgan fingerprint density at radius 3 is 0.926 bits per heavy atom. The van der Waals surface area contributed by atoms with Crippen molar-refractivity contribution in [1.29, 1.82) is 0 Å². The number of carbonyl (C=O) groups is 3. The summed E-state index contributed by atoms with van der Waals surface area (Å²) in [5.41, 5.74) is 0.